The molecule has 2 atom stereocenters. The summed E-state index contributed by atoms with van der Waals surface area (Å²) in [5.74, 6) is -4.19. The van der Waals surface area contributed by atoms with Gasteiger partial charge in [0.05, 0.1) is 6.54 Å². The minimum atomic E-state index is -1.05. The average molecular weight is 431 g/mol. The molecule has 1 aromatic carbocycles. The summed E-state index contributed by atoms with van der Waals surface area (Å²) in [5, 5.41) is 12.7. The molecular formula is C21H19F2N3O5. The molecule has 0 radical (unpaired) electrons. The third-order valence-electron chi connectivity index (χ3n) is 5.75. The van der Waals surface area contributed by atoms with Crippen LogP contribution in [0.2, 0.25) is 0 Å². The summed E-state index contributed by atoms with van der Waals surface area (Å²) < 4.78 is 28.0. The van der Waals surface area contributed by atoms with Gasteiger partial charge in [-0.3, -0.25) is 19.2 Å². The van der Waals surface area contributed by atoms with E-state index < -0.39 is 46.2 Å². The number of amides is 2. The normalized spacial score (nSPS) is 20.3. The Bertz CT molecular complexity index is 1180. The number of carbonyl (C=O) groups is 3. The molecule has 1 fully saturated rings. The highest BCUT2D eigenvalue weighted by molar-refractivity contribution is 6.02. The maximum Gasteiger partial charge on any atom is 0.275 e. The lowest BCUT2D eigenvalue weighted by Gasteiger charge is -2.43. The van der Waals surface area contributed by atoms with E-state index in [1.165, 1.54) is 9.47 Å². The Hall–Kier alpha value is -3.56. The van der Waals surface area contributed by atoms with E-state index in [4.69, 9.17) is 0 Å². The standard InChI is InChI=1S/C21H19F2N3O5/c1-10-2-5-16(27)15-9-25-8-13(18(28)19(29)17(25)21(31)26(10)15)20(30)24-7-11-3-4-12(22)6-14(11)23/h3-4,6,8,10,15,29H,2,5,7,9H2,1H3,(H,24,30)/t10-,15+/m0/s1. The molecule has 0 bridgehead atoms. The van der Waals surface area contributed by atoms with Crippen LogP contribution in [0.3, 0.4) is 0 Å². The second-order valence-corrected chi connectivity index (χ2v) is 7.72. The van der Waals surface area contributed by atoms with E-state index in [2.05, 4.69) is 5.32 Å². The fourth-order valence-electron chi connectivity index (χ4n) is 4.08. The number of piperidine rings is 1. The van der Waals surface area contributed by atoms with E-state index in [1.54, 1.807) is 6.92 Å². The van der Waals surface area contributed by atoms with Crippen molar-refractivity contribution in [3.63, 3.8) is 0 Å². The molecule has 10 heteroatoms. The summed E-state index contributed by atoms with van der Waals surface area (Å²) in [5.41, 5.74) is -1.78. The number of pyridine rings is 1. The summed E-state index contributed by atoms with van der Waals surface area (Å²) in [6.07, 6.45) is 1.93. The highest BCUT2D eigenvalue weighted by Gasteiger charge is 2.43. The lowest BCUT2D eigenvalue weighted by atomic mass is 9.92. The number of halogens is 2. The number of hydrogen-bond donors (Lipinski definition) is 2. The van der Waals surface area contributed by atoms with Crippen molar-refractivity contribution in [3.8, 4) is 5.75 Å². The van der Waals surface area contributed by atoms with Crippen molar-refractivity contribution in [1.82, 2.24) is 14.8 Å². The quantitative estimate of drug-likeness (QED) is 0.763. The summed E-state index contributed by atoms with van der Waals surface area (Å²) in [4.78, 5) is 51.7. The van der Waals surface area contributed by atoms with Crippen LogP contribution < -0.4 is 10.7 Å². The molecule has 1 saturated heterocycles. The average Bonchev–Trinajstić information content (AvgIpc) is 2.72. The Labute approximate surface area is 175 Å². The van der Waals surface area contributed by atoms with Crippen molar-refractivity contribution < 1.29 is 28.3 Å². The molecule has 2 aromatic rings. The number of aromatic nitrogens is 1. The monoisotopic (exact) mass is 431 g/mol. The molecule has 1 aromatic heterocycles. The third kappa shape index (κ3) is 3.47. The van der Waals surface area contributed by atoms with Gasteiger partial charge in [0.2, 0.25) is 5.43 Å². The van der Waals surface area contributed by atoms with Crippen LogP contribution in [0.4, 0.5) is 8.78 Å². The lowest BCUT2D eigenvalue weighted by Crippen LogP contribution is -2.58. The summed E-state index contributed by atoms with van der Waals surface area (Å²) in [6, 6.07) is 1.89. The van der Waals surface area contributed by atoms with Gasteiger partial charge >= 0.3 is 0 Å². The summed E-state index contributed by atoms with van der Waals surface area (Å²) in [6.45, 7) is 1.47. The van der Waals surface area contributed by atoms with Crippen LogP contribution in [0, 0.1) is 11.6 Å². The van der Waals surface area contributed by atoms with E-state index >= 15 is 0 Å². The number of ketones is 1. The highest BCUT2D eigenvalue weighted by atomic mass is 19.1. The maximum atomic E-state index is 13.8. The zero-order valence-corrected chi connectivity index (χ0v) is 16.5. The molecule has 162 valence electrons. The number of nitrogens with zero attached hydrogens (tertiary/aromatic N) is 2. The van der Waals surface area contributed by atoms with Gasteiger partial charge < -0.3 is 19.9 Å². The van der Waals surface area contributed by atoms with Crippen LogP contribution in [-0.2, 0) is 17.9 Å². The van der Waals surface area contributed by atoms with Gasteiger partial charge in [0.1, 0.15) is 23.2 Å². The SMILES string of the molecule is C[C@H]1CCC(=O)[C@H]2Cn3cc(C(=O)NCc4ccc(F)cc4F)c(=O)c(O)c3C(=O)N21. The van der Waals surface area contributed by atoms with E-state index in [9.17, 15) is 33.1 Å². The van der Waals surface area contributed by atoms with E-state index in [-0.39, 0.29) is 36.2 Å². The van der Waals surface area contributed by atoms with E-state index in [0.29, 0.717) is 18.9 Å². The van der Waals surface area contributed by atoms with Crippen LogP contribution in [-0.4, -0.2) is 44.3 Å². The predicted molar refractivity (Wildman–Crippen MR) is 104 cm³/mol. The maximum absolute atomic E-state index is 13.8. The molecule has 8 nitrogen and oxygen atoms in total. The van der Waals surface area contributed by atoms with Crippen molar-refractivity contribution in [3.05, 3.63) is 63.1 Å². The molecule has 2 aliphatic heterocycles. The lowest BCUT2D eigenvalue weighted by molar-refractivity contribution is -0.128. The van der Waals surface area contributed by atoms with Gasteiger partial charge in [0.25, 0.3) is 11.8 Å². The molecule has 2 N–H and O–H groups in total. The van der Waals surface area contributed by atoms with Crippen LogP contribution in [0.5, 0.6) is 5.75 Å². The smallest absolute Gasteiger partial charge is 0.275 e. The van der Waals surface area contributed by atoms with Gasteiger partial charge in [-0.15, -0.1) is 0 Å². The number of hydrogen-bond acceptors (Lipinski definition) is 5. The zero-order chi connectivity index (χ0) is 22.4. The molecule has 0 aliphatic carbocycles. The van der Waals surface area contributed by atoms with Gasteiger partial charge in [-0.2, -0.15) is 0 Å². The molecule has 0 saturated carbocycles. The molecule has 2 aliphatic rings. The minimum Gasteiger partial charge on any atom is -0.503 e. The van der Waals surface area contributed by atoms with Gasteiger partial charge in [-0.05, 0) is 19.4 Å². The summed E-state index contributed by atoms with van der Waals surface area (Å²) in [7, 11) is 0. The summed E-state index contributed by atoms with van der Waals surface area (Å²) >= 11 is 0. The zero-order valence-electron chi connectivity index (χ0n) is 16.5. The second-order valence-electron chi connectivity index (χ2n) is 7.72. The van der Waals surface area contributed by atoms with E-state index in [0.717, 1.165) is 18.3 Å². The first kappa shape index (κ1) is 20.7. The van der Waals surface area contributed by atoms with Crippen LogP contribution in [0.25, 0.3) is 0 Å². The predicted octanol–water partition coefficient (Wildman–Crippen LogP) is 1.34. The number of rotatable bonds is 3. The first-order valence-corrected chi connectivity index (χ1v) is 9.73. The Balaban J connectivity index is 1.65. The molecule has 0 spiro atoms. The van der Waals surface area contributed by atoms with Gasteiger partial charge in [0, 0.05) is 36.8 Å². The van der Waals surface area contributed by atoms with Crippen molar-refractivity contribution in [2.24, 2.45) is 0 Å². The number of Topliss-reactive ketones (excluding diaryl/α,β-unsaturated/α-hetero) is 1. The number of nitrogens with one attached hydrogen (secondary N) is 1. The van der Waals surface area contributed by atoms with Gasteiger partial charge in [-0.1, -0.05) is 6.07 Å². The minimum absolute atomic E-state index is 0.00430. The molecular weight excluding hydrogens is 412 g/mol. The first-order valence-electron chi connectivity index (χ1n) is 9.73. The molecule has 4 rings (SSSR count). The Morgan fingerprint density at radius 3 is 2.71 bits per heavy atom. The van der Waals surface area contributed by atoms with Crippen LogP contribution >= 0.6 is 0 Å². The third-order valence-corrected chi connectivity index (χ3v) is 5.75. The Morgan fingerprint density at radius 1 is 1.26 bits per heavy atom. The largest absolute Gasteiger partial charge is 0.503 e. The van der Waals surface area contributed by atoms with Gasteiger partial charge in [-0.25, -0.2) is 8.78 Å². The fourth-order valence-corrected chi connectivity index (χ4v) is 4.08. The molecule has 0 unspecified atom stereocenters. The van der Waals surface area contributed by atoms with Crippen molar-refractivity contribution in [2.75, 3.05) is 0 Å². The van der Waals surface area contributed by atoms with Crippen LogP contribution in [0.1, 0.15) is 46.2 Å². The van der Waals surface area contributed by atoms with Crippen LogP contribution in [0.15, 0.2) is 29.2 Å². The molecule has 2 amide bonds. The number of fused-ring (bicyclic) bond motifs is 2. The van der Waals surface area contributed by atoms with E-state index in [1.807, 2.05) is 0 Å². The van der Waals surface area contributed by atoms with Crippen molar-refractivity contribution in [2.45, 2.75) is 44.9 Å². The van der Waals surface area contributed by atoms with Crippen molar-refractivity contribution in [1.29, 1.82) is 0 Å². The Kier molecular flexibility index (Phi) is 5.08. The Morgan fingerprint density at radius 2 is 2.00 bits per heavy atom. The number of carbonyl (C=O) groups excluding carboxylic acids is 3. The van der Waals surface area contributed by atoms with Gasteiger partial charge in [0.15, 0.2) is 17.2 Å². The first-order chi connectivity index (χ1) is 14.7. The number of benzene rings is 1. The second kappa shape index (κ2) is 7.60. The topological polar surface area (TPSA) is 109 Å². The molecule has 3 heterocycles. The fraction of sp³-hybridized carbons (Fsp3) is 0.333. The molecule has 31 heavy (non-hydrogen) atoms. The highest BCUT2D eigenvalue weighted by Crippen LogP contribution is 2.30. The number of aromatic hydroxyl groups is 1. The van der Waals surface area contributed by atoms with Crippen molar-refractivity contribution >= 4 is 17.6 Å².